The van der Waals surface area contributed by atoms with Gasteiger partial charge in [-0.15, -0.1) is 0 Å². The molecule has 88 heavy (non-hydrogen) atoms. The van der Waals surface area contributed by atoms with Gasteiger partial charge in [0.15, 0.2) is 0 Å². The van der Waals surface area contributed by atoms with E-state index < -0.39 is 0 Å². The molecule has 0 unspecified atom stereocenters. The third-order valence-electron chi connectivity index (χ3n) is 16.9. The minimum Gasteiger partial charge on any atom is -0.0579 e. The van der Waals surface area contributed by atoms with Crippen LogP contribution in [0.15, 0.2) is 267 Å². The Morgan fingerprint density at radius 2 is 0.864 bits per heavy atom. The van der Waals surface area contributed by atoms with Crippen LogP contribution in [0.5, 0.6) is 11.5 Å². The fraction of sp³-hybridized carbons (Fsp3) is 0.111. The molecule has 0 fully saturated rings. The number of fused-ring (bicyclic) bond motifs is 7. The smallest absolute Gasteiger partial charge is 0.0579 e. The summed E-state index contributed by atoms with van der Waals surface area (Å²) >= 11 is 2.49. The van der Waals surface area contributed by atoms with Gasteiger partial charge in [-0.2, -0.15) is 0 Å². The van der Waals surface area contributed by atoms with Crippen LogP contribution in [0, 0.1) is 22.9 Å². The number of hydrogen-bond donors (Lipinski definition) is 0. The number of pyridine rings is 1. The molecule has 1 aliphatic rings. The zero-order chi connectivity index (χ0) is 60.3. The molecule has 0 amide bonds. The average molecular weight is 1320 g/mol. The van der Waals surface area contributed by atoms with Crippen molar-refractivity contribution < 1.29 is 24.1 Å². The normalized spacial score (nSPS) is 12.3. The van der Waals surface area contributed by atoms with E-state index >= 15 is 0 Å². The van der Waals surface area contributed by atoms with E-state index in [1.807, 2.05) is 18.3 Å². The van der Waals surface area contributed by atoms with Gasteiger partial charge < -0.3 is 4.90 Å². The molecule has 0 bridgehead atoms. The van der Waals surface area contributed by atoms with Crippen molar-refractivity contribution in [2.45, 2.75) is 59.3 Å². The van der Waals surface area contributed by atoms with Crippen LogP contribution in [-0.2, 0) is 30.2 Å². The topological polar surface area (TPSA) is 38.5 Å². The SMILES string of the molecule is Cc1cc(N2c3[c-]c(Oc4[c-]c(-n5[c](=[Pt])n(-c6c(-c7ccccc7)cccc6-c6ccccc6)c6ccccc65)ccc4)ccc3-c3ccccc3N(c3ccc(C(C)(C)C)cc3)c3ccccc3-c3ccccc32)ncc1-c1ccc(C(C)(C)C)cc1. The molecular weight excluding hydrogens is 1250 g/mol. The van der Waals surface area contributed by atoms with Crippen LogP contribution >= 0.6 is 0 Å². The number of rotatable bonds is 9. The first-order valence-electron chi connectivity index (χ1n) is 30.0. The van der Waals surface area contributed by atoms with E-state index in [0.717, 1.165) is 122 Å². The molecule has 0 atom stereocenters. The van der Waals surface area contributed by atoms with Crippen molar-refractivity contribution in [2.75, 3.05) is 9.80 Å². The van der Waals surface area contributed by atoms with Crippen LogP contribution in [0.2, 0.25) is 0 Å². The number of benzene rings is 11. The number of imidazole rings is 1. The number of para-hydroxylation sites is 6. The molecule has 11 aromatic carbocycles. The molecule has 0 N–H and O–H groups in total. The van der Waals surface area contributed by atoms with Gasteiger partial charge in [-0.3, -0.25) is 0 Å². The summed E-state index contributed by atoms with van der Waals surface area (Å²) in [6, 6.07) is 101. The predicted molar refractivity (Wildman–Crippen MR) is 360 cm³/mol. The number of hydrogen-bond acceptors (Lipinski definition) is 4. The molecule has 7 heteroatoms. The fourth-order valence-electron chi connectivity index (χ4n) is 12.4. The van der Waals surface area contributed by atoms with Crippen molar-refractivity contribution in [1.82, 2.24) is 14.1 Å². The van der Waals surface area contributed by atoms with E-state index in [-0.39, 0.29) is 10.8 Å². The third kappa shape index (κ3) is 10.3. The van der Waals surface area contributed by atoms with E-state index in [4.69, 9.17) is 9.72 Å². The van der Waals surface area contributed by atoms with Crippen LogP contribution in [-0.4, -0.2) is 14.1 Å². The maximum absolute atomic E-state index is 7.12. The molecule has 2 aromatic heterocycles. The van der Waals surface area contributed by atoms with E-state index in [9.17, 15) is 0 Å². The van der Waals surface area contributed by atoms with Crippen molar-refractivity contribution in [3.05, 3.63) is 300 Å². The number of aromatic nitrogens is 3. The molecule has 14 rings (SSSR count). The van der Waals surface area contributed by atoms with Gasteiger partial charge >= 0.3 is 306 Å². The Labute approximate surface area is 527 Å². The van der Waals surface area contributed by atoms with Gasteiger partial charge in [0.1, 0.15) is 0 Å². The number of anilines is 6. The molecule has 0 aliphatic carbocycles. The second kappa shape index (κ2) is 22.8. The van der Waals surface area contributed by atoms with Crippen molar-refractivity contribution in [3.63, 3.8) is 0 Å². The molecule has 13 aromatic rings. The quantitative estimate of drug-likeness (QED) is 0.135. The summed E-state index contributed by atoms with van der Waals surface area (Å²) < 4.78 is 12.8. The first-order valence-corrected chi connectivity index (χ1v) is 31.2. The molecule has 432 valence electrons. The molecule has 1 aliphatic heterocycles. The Morgan fingerprint density at radius 1 is 0.398 bits per heavy atom. The number of ether oxygens (including phenoxy) is 1. The Bertz CT molecular complexity index is 4760. The van der Waals surface area contributed by atoms with Gasteiger partial charge in [-0.1, -0.05) is 126 Å². The van der Waals surface area contributed by atoms with E-state index in [0.29, 0.717) is 11.5 Å². The van der Waals surface area contributed by atoms with Crippen molar-refractivity contribution >= 4 is 45.3 Å². The predicted octanol–water partition coefficient (Wildman–Crippen LogP) is 21.8. The maximum atomic E-state index is 7.12. The van der Waals surface area contributed by atoms with Crippen LogP contribution in [0.1, 0.15) is 58.2 Å². The molecule has 0 radical (unpaired) electrons. The summed E-state index contributed by atoms with van der Waals surface area (Å²) in [4.78, 5) is 10.1. The standard InChI is InChI=1S/C81H65N5O.Pt/c1-55-50-78(82-53-71(55)58-40-42-59(43-41-58)80(2,3)4)86-74-37-19-16-31-68(74)67-30-14-17-35-72(67)85(61-46-44-60(45-47-61)81(5,6)7)73-36-18-15-32-69(73)70-49-48-64(52-77(70)86)87-63-29-22-28-62(51-63)83-54-84(76-39-21-20-38-75(76)83)79-65(56-24-10-8-11-25-56)33-23-34-66(79)57-26-12-9-13-27-57;/h8-50,53H,1-7H3;/q-2;. The summed E-state index contributed by atoms with van der Waals surface area (Å²) in [5, 5.41) is 0. The fourth-order valence-corrected chi connectivity index (χ4v) is 13.5. The second-order valence-electron chi connectivity index (χ2n) is 24.6. The Kier molecular flexibility index (Phi) is 14.5. The van der Waals surface area contributed by atoms with Crippen LogP contribution in [0.25, 0.3) is 78.0 Å². The van der Waals surface area contributed by atoms with Gasteiger partial charge in [-0.05, 0) is 64.3 Å². The minimum atomic E-state index is -0.0157. The van der Waals surface area contributed by atoms with Crippen molar-refractivity contribution in [1.29, 1.82) is 0 Å². The van der Waals surface area contributed by atoms with Gasteiger partial charge in [-0.25, -0.2) is 0 Å². The van der Waals surface area contributed by atoms with E-state index in [2.05, 4.69) is 348 Å². The first-order chi connectivity index (χ1) is 42.8. The average Bonchev–Trinajstić information content (AvgIpc) is 1.58. The monoisotopic (exact) mass is 1320 g/mol. The van der Waals surface area contributed by atoms with Crippen molar-refractivity contribution in [2.24, 2.45) is 0 Å². The van der Waals surface area contributed by atoms with Gasteiger partial charge in [0, 0.05) is 23.0 Å². The zero-order valence-electron chi connectivity index (χ0n) is 50.4. The summed E-state index contributed by atoms with van der Waals surface area (Å²) in [7, 11) is 0. The molecule has 0 saturated heterocycles. The number of nitrogens with zero attached hydrogens (tertiary/aromatic N) is 5. The number of aryl methyl sites for hydroxylation is 1. The Balaban J connectivity index is 0.950. The first kappa shape index (κ1) is 56.0. The zero-order valence-corrected chi connectivity index (χ0v) is 52.6. The summed E-state index contributed by atoms with van der Waals surface area (Å²) in [6.07, 6.45) is 2.03. The van der Waals surface area contributed by atoms with Crippen LogP contribution in [0.4, 0.5) is 34.3 Å². The second-order valence-corrected chi connectivity index (χ2v) is 25.6. The molecule has 0 spiro atoms. The summed E-state index contributed by atoms with van der Waals surface area (Å²) in [5.74, 6) is 1.82. The summed E-state index contributed by atoms with van der Waals surface area (Å²) in [5.41, 5.74) is 23.4. The summed E-state index contributed by atoms with van der Waals surface area (Å²) in [6.45, 7) is 15.7. The van der Waals surface area contributed by atoms with Crippen LogP contribution < -0.4 is 14.5 Å². The Hall–Kier alpha value is -9.87. The van der Waals surface area contributed by atoms with Crippen LogP contribution in [0.3, 0.4) is 0 Å². The molecule has 6 nitrogen and oxygen atoms in total. The Morgan fingerprint density at radius 3 is 1.43 bits per heavy atom. The van der Waals surface area contributed by atoms with E-state index in [1.54, 1.807) is 0 Å². The van der Waals surface area contributed by atoms with Crippen molar-refractivity contribution in [3.8, 4) is 78.5 Å². The third-order valence-corrected chi connectivity index (χ3v) is 17.9. The minimum absolute atomic E-state index is 0.0157. The van der Waals surface area contributed by atoms with Gasteiger partial charge in [0.25, 0.3) is 0 Å². The van der Waals surface area contributed by atoms with Gasteiger partial charge in [0.05, 0.1) is 5.69 Å². The molecular formula is C81H65N5OPt-2. The molecule has 3 heterocycles. The van der Waals surface area contributed by atoms with E-state index in [1.165, 1.54) is 11.1 Å². The van der Waals surface area contributed by atoms with Gasteiger partial charge in [0.2, 0.25) is 0 Å². The molecule has 0 saturated carbocycles.